The van der Waals surface area contributed by atoms with Gasteiger partial charge in [-0.3, -0.25) is 0 Å². The van der Waals surface area contributed by atoms with Crippen LogP contribution < -0.4 is 21.3 Å². The fraction of sp³-hybridized carbons (Fsp3) is 0. The Balaban J connectivity index is 1.44. The summed E-state index contributed by atoms with van der Waals surface area (Å²) >= 11 is 0. The minimum atomic E-state index is 0.0152. The summed E-state index contributed by atoms with van der Waals surface area (Å²) in [5.41, 5.74) is 10.7. The number of anilines is 3. The van der Waals surface area contributed by atoms with E-state index >= 15 is 0 Å². The van der Waals surface area contributed by atoms with Crippen molar-refractivity contribution in [2.45, 2.75) is 0 Å². The molecule has 0 saturated carbocycles. The number of hydrogen-bond donors (Lipinski definition) is 0. The standard InChI is InChI=1S/C36H22BNO2/c1-3-11-23(12-4-1)37-29-21-35-27(25-15-7-9-17-33(25)39-35)19-31(29)38(24-13-5-2-6-14-24)32-20-28-26-16-8-10-18-34(26)40-36(28)22-30(32)37/h1-22H. The molecule has 0 radical (unpaired) electrons. The zero-order valence-electron chi connectivity index (χ0n) is 21.5. The molecule has 1 aliphatic rings. The zero-order chi connectivity index (χ0) is 26.2. The van der Waals surface area contributed by atoms with Gasteiger partial charge in [0.05, 0.1) is 0 Å². The lowest BCUT2D eigenvalue weighted by atomic mass is 9.35. The van der Waals surface area contributed by atoms with Gasteiger partial charge in [0, 0.05) is 38.6 Å². The number of para-hydroxylation sites is 3. The van der Waals surface area contributed by atoms with Gasteiger partial charge in [0.25, 0.3) is 0 Å². The Labute approximate surface area is 230 Å². The number of hydrogen-bond acceptors (Lipinski definition) is 3. The molecule has 0 unspecified atom stereocenters. The maximum absolute atomic E-state index is 6.40. The van der Waals surface area contributed by atoms with Crippen molar-refractivity contribution in [2.75, 3.05) is 4.90 Å². The second-order valence-corrected chi connectivity index (χ2v) is 10.5. The quantitative estimate of drug-likeness (QED) is 0.222. The summed E-state index contributed by atoms with van der Waals surface area (Å²) < 4.78 is 12.8. The summed E-state index contributed by atoms with van der Waals surface area (Å²) in [5, 5.41) is 4.51. The largest absolute Gasteiger partial charge is 0.456 e. The summed E-state index contributed by atoms with van der Waals surface area (Å²) in [5.74, 6) is 0. The molecule has 0 fully saturated rings. The van der Waals surface area contributed by atoms with Crippen LogP contribution in [0.25, 0.3) is 43.9 Å². The normalized spacial score (nSPS) is 12.9. The van der Waals surface area contributed by atoms with Gasteiger partial charge in [-0.1, -0.05) is 90.4 Å². The van der Waals surface area contributed by atoms with Crippen LogP contribution in [0, 0.1) is 0 Å². The molecule has 0 N–H and O–H groups in total. The first-order chi connectivity index (χ1) is 19.8. The fourth-order valence-corrected chi connectivity index (χ4v) is 6.56. The first-order valence-corrected chi connectivity index (χ1v) is 13.6. The number of fused-ring (bicyclic) bond motifs is 8. The molecule has 40 heavy (non-hydrogen) atoms. The molecule has 0 spiro atoms. The molecule has 4 heteroatoms. The molecule has 0 aliphatic carbocycles. The summed E-state index contributed by atoms with van der Waals surface area (Å²) in [7, 11) is 0. The molecule has 9 rings (SSSR count). The first-order valence-electron chi connectivity index (χ1n) is 13.6. The monoisotopic (exact) mass is 511 g/mol. The lowest BCUT2D eigenvalue weighted by molar-refractivity contribution is 0.669. The zero-order valence-corrected chi connectivity index (χ0v) is 21.5. The van der Waals surface area contributed by atoms with Gasteiger partial charge in [0.1, 0.15) is 22.3 Å². The highest BCUT2D eigenvalue weighted by Gasteiger charge is 2.37. The van der Waals surface area contributed by atoms with E-state index in [4.69, 9.17) is 8.83 Å². The predicted molar refractivity (Wildman–Crippen MR) is 167 cm³/mol. The summed E-state index contributed by atoms with van der Waals surface area (Å²) in [6.07, 6.45) is 0. The van der Waals surface area contributed by atoms with Crippen molar-refractivity contribution < 1.29 is 8.83 Å². The van der Waals surface area contributed by atoms with E-state index in [2.05, 4.69) is 114 Å². The van der Waals surface area contributed by atoms with Crippen molar-refractivity contribution in [3.63, 3.8) is 0 Å². The van der Waals surface area contributed by atoms with Crippen molar-refractivity contribution in [2.24, 2.45) is 0 Å². The van der Waals surface area contributed by atoms with Gasteiger partial charge in [-0.2, -0.15) is 0 Å². The van der Waals surface area contributed by atoms with Crippen LogP contribution >= 0.6 is 0 Å². The maximum Gasteiger partial charge on any atom is 0.247 e. The van der Waals surface area contributed by atoms with E-state index in [0.29, 0.717) is 0 Å². The van der Waals surface area contributed by atoms with Gasteiger partial charge >= 0.3 is 0 Å². The number of nitrogens with zero attached hydrogens (tertiary/aromatic N) is 1. The van der Waals surface area contributed by atoms with Gasteiger partial charge < -0.3 is 13.7 Å². The highest BCUT2D eigenvalue weighted by Crippen LogP contribution is 2.42. The van der Waals surface area contributed by atoms with E-state index in [1.165, 1.54) is 27.8 Å². The first kappa shape index (κ1) is 21.7. The Morgan fingerprint density at radius 3 is 1.45 bits per heavy atom. The lowest BCUT2D eigenvalue weighted by Gasteiger charge is -2.37. The Hall–Kier alpha value is -5.22. The van der Waals surface area contributed by atoms with Crippen molar-refractivity contribution >= 4 is 84.0 Å². The average molecular weight is 511 g/mol. The predicted octanol–water partition coefficient (Wildman–Crippen LogP) is 7.78. The second kappa shape index (κ2) is 8.14. The van der Waals surface area contributed by atoms with Crippen molar-refractivity contribution in [1.82, 2.24) is 0 Å². The van der Waals surface area contributed by atoms with Gasteiger partial charge in [-0.25, -0.2) is 0 Å². The molecule has 0 bridgehead atoms. The molecule has 3 heterocycles. The van der Waals surface area contributed by atoms with E-state index in [9.17, 15) is 0 Å². The molecule has 186 valence electrons. The van der Waals surface area contributed by atoms with Crippen LogP contribution in [0.3, 0.4) is 0 Å². The highest BCUT2D eigenvalue weighted by atomic mass is 16.3. The molecule has 0 saturated heterocycles. The van der Waals surface area contributed by atoms with Crippen LogP contribution in [0.15, 0.2) is 142 Å². The van der Waals surface area contributed by atoms with Crippen LogP contribution in [-0.4, -0.2) is 6.71 Å². The number of benzene rings is 6. The average Bonchev–Trinajstić information content (AvgIpc) is 3.56. The van der Waals surface area contributed by atoms with Gasteiger partial charge in [-0.05, 0) is 59.5 Å². The minimum absolute atomic E-state index is 0.0152. The lowest BCUT2D eigenvalue weighted by Crippen LogP contribution is -2.57. The summed E-state index contributed by atoms with van der Waals surface area (Å²) in [4.78, 5) is 2.41. The molecule has 2 aromatic heterocycles. The number of rotatable bonds is 2. The fourth-order valence-electron chi connectivity index (χ4n) is 6.56. The SMILES string of the molecule is c1ccc(B2c3cc4oc5ccccc5c4cc3N(c3ccccc3)c3cc4c(cc32)oc2ccccc24)cc1. The van der Waals surface area contributed by atoms with E-state index in [0.717, 1.165) is 49.6 Å². The molecule has 3 nitrogen and oxygen atoms in total. The van der Waals surface area contributed by atoms with Crippen molar-refractivity contribution in [3.05, 3.63) is 133 Å². The van der Waals surface area contributed by atoms with Crippen LogP contribution in [0.5, 0.6) is 0 Å². The third-order valence-electron chi connectivity index (χ3n) is 8.30. The van der Waals surface area contributed by atoms with E-state index in [1.807, 2.05) is 24.3 Å². The smallest absolute Gasteiger partial charge is 0.247 e. The summed E-state index contributed by atoms with van der Waals surface area (Å²) in [6, 6.07) is 47.2. The minimum Gasteiger partial charge on any atom is -0.456 e. The Kier molecular flexibility index (Phi) is 4.41. The third kappa shape index (κ3) is 3.02. The Bertz CT molecular complexity index is 2110. The highest BCUT2D eigenvalue weighted by molar-refractivity contribution is 6.98. The van der Waals surface area contributed by atoms with E-state index < -0.39 is 0 Å². The maximum atomic E-state index is 6.40. The van der Waals surface area contributed by atoms with Crippen molar-refractivity contribution in [3.8, 4) is 0 Å². The molecular weight excluding hydrogens is 489 g/mol. The topological polar surface area (TPSA) is 29.5 Å². The Morgan fingerprint density at radius 2 is 0.900 bits per heavy atom. The molecule has 0 atom stereocenters. The van der Waals surface area contributed by atoms with Crippen molar-refractivity contribution in [1.29, 1.82) is 0 Å². The van der Waals surface area contributed by atoms with Crippen LogP contribution in [-0.2, 0) is 0 Å². The van der Waals surface area contributed by atoms with Gasteiger partial charge in [0.2, 0.25) is 6.71 Å². The molecule has 1 aliphatic heterocycles. The molecule has 6 aromatic carbocycles. The summed E-state index contributed by atoms with van der Waals surface area (Å²) in [6.45, 7) is 0.0152. The van der Waals surface area contributed by atoms with Gasteiger partial charge in [0.15, 0.2) is 0 Å². The number of furan rings is 2. The van der Waals surface area contributed by atoms with Gasteiger partial charge in [-0.15, -0.1) is 0 Å². The molecular formula is C36H22BNO2. The molecule has 8 aromatic rings. The second-order valence-electron chi connectivity index (χ2n) is 10.5. The van der Waals surface area contributed by atoms with Crippen LogP contribution in [0.2, 0.25) is 0 Å². The molecule has 0 amide bonds. The van der Waals surface area contributed by atoms with Crippen LogP contribution in [0.4, 0.5) is 17.1 Å². The third-order valence-corrected chi connectivity index (χ3v) is 8.30. The van der Waals surface area contributed by atoms with Crippen LogP contribution in [0.1, 0.15) is 0 Å². The van der Waals surface area contributed by atoms with E-state index in [-0.39, 0.29) is 6.71 Å². The van der Waals surface area contributed by atoms with E-state index in [1.54, 1.807) is 0 Å². The Morgan fingerprint density at radius 1 is 0.425 bits per heavy atom.